The van der Waals surface area contributed by atoms with Gasteiger partial charge in [0.25, 0.3) is 0 Å². The first-order valence-electron chi connectivity index (χ1n) is 9.20. The molecule has 1 aromatic carbocycles. The molecule has 0 saturated carbocycles. The Balaban J connectivity index is 1.56. The topological polar surface area (TPSA) is 65.0 Å². The van der Waals surface area contributed by atoms with Crippen LogP contribution in [-0.4, -0.2) is 66.4 Å². The molecule has 0 radical (unpaired) electrons. The van der Waals surface area contributed by atoms with Crippen molar-refractivity contribution in [2.45, 2.75) is 32.9 Å². The van der Waals surface area contributed by atoms with Crippen LogP contribution in [0.5, 0.6) is 5.75 Å². The molecule has 2 N–H and O–H groups in total. The van der Waals surface area contributed by atoms with Crippen molar-refractivity contribution < 1.29 is 14.6 Å². The van der Waals surface area contributed by atoms with E-state index in [2.05, 4.69) is 24.1 Å². The monoisotopic (exact) mass is 347 g/mol. The maximum atomic E-state index is 12.6. The van der Waals surface area contributed by atoms with E-state index in [1.54, 1.807) is 12.1 Å². The summed E-state index contributed by atoms with van der Waals surface area (Å²) >= 11 is 0. The van der Waals surface area contributed by atoms with Gasteiger partial charge in [-0.1, -0.05) is 19.9 Å². The number of fused-ring (bicyclic) bond motifs is 1. The Kier molecular flexibility index (Phi) is 5.81. The van der Waals surface area contributed by atoms with Gasteiger partial charge < -0.3 is 20.1 Å². The molecule has 2 amide bonds. The van der Waals surface area contributed by atoms with E-state index in [-0.39, 0.29) is 11.8 Å². The van der Waals surface area contributed by atoms with Crippen LogP contribution < -0.4 is 5.32 Å². The third kappa shape index (κ3) is 4.44. The second kappa shape index (κ2) is 8.06. The van der Waals surface area contributed by atoms with Crippen molar-refractivity contribution in [2.75, 3.05) is 39.4 Å². The van der Waals surface area contributed by atoms with Gasteiger partial charge in [-0.15, -0.1) is 0 Å². The molecule has 2 aliphatic rings. The van der Waals surface area contributed by atoms with Crippen LogP contribution in [0.4, 0.5) is 4.79 Å². The molecule has 2 aliphatic heterocycles. The Morgan fingerprint density at radius 1 is 1.24 bits per heavy atom. The van der Waals surface area contributed by atoms with E-state index in [0.29, 0.717) is 31.6 Å². The standard InChI is InChI=1S/C19H29N3O3/c1-14(2)18(21-7-9-25-10-8-21)12-20-19(24)22-6-5-15-3-4-17(23)11-16(15)13-22/h3-4,11,14,18,23H,5-10,12-13H2,1-2H3,(H,20,24). The minimum absolute atomic E-state index is 0.0205. The molecule has 6 nitrogen and oxygen atoms in total. The molecule has 1 saturated heterocycles. The van der Waals surface area contributed by atoms with Crippen LogP contribution in [0.2, 0.25) is 0 Å². The number of rotatable bonds is 4. The molecule has 2 heterocycles. The second-order valence-corrected chi connectivity index (χ2v) is 7.27. The SMILES string of the molecule is CC(C)C(CNC(=O)N1CCc2ccc(O)cc2C1)N1CCOCC1. The fraction of sp³-hybridized carbons (Fsp3) is 0.632. The normalized spacial score (nSPS) is 19.6. The van der Waals surface area contributed by atoms with Gasteiger partial charge in [-0.3, -0.25) is 4.90 Å². The van der Waals surface area contributed by atoms with Crippen LogP contribution in [-0.2, 0) is 17.7 Å². The summed E-state index contributed by atoms with van der Waals surface area (Å²) in [6.07, 6.45) is 0.833. The van der Waals surface area contributed by atoms with E-state index >= 15 is 0 Å². The molecule has 6 heteroatoms. The molecule has 0 aliphatic carbocycles. The predicted octanol–water partition coefficient (Wildman–Crippen LogP) is 1.82. The minimum Gasteiger partial charge on any atom is -0.508 e. The lowest BCUT2D eigenvalue weighted by atomic mass is 9.99. The highest BCUT2D eigenvalue weighted by molar-refractivity contribution is 5.74. The summed E-state index contributed by atoms with van der Waals surface area (Å²) in [4.78, 5) is 16.9. The van der Waals surface area contributed by atoms with E-state index in [0.717, 1.165) is 38.3 Å². The zero-order valence-corrected chi connectivity index (χ0v) is 15.2. The Morgan fingerprint density at radius 3 is 2.72 bits per heavy atom. The van der Waals surface area contributed by atoms with Gasteiger partial charge in [0, 0.05) is 38.8 Å². The second-order valence-electron chi connectivity index (χ2n) is 7.27. The highest BCUT2D eigenvalue weighted by atomic mass is 16.5. The molecule has 0 aromatic heterocycles. The zero-order valence-electron chi connectivity index (χ0n) is 15.2. The number of ether oxygens (including phenoxy) is 1. The number of phenols is 1. The highest BCUT2D eigenvalue weighted by Crippen LogP contribution is 2.23. The van der Waals surface area contributed by atoms with Crippen molar-refractivity contribution >= 4 is 6.03 Å². The van der Waals surface area contributed by atoms with Crippen molar-refractivity contribution in [3.8, 4) is 5.75 Å². The van der Waals surface area contributed by atoms with Gasteiger partial charge >= 0.3 is 6.03 Å². The predicted molar refractivity (Wildman–Crippen MR) is 96.6 cm³/mol. The average Bonchev–Trinajstić information content (AvgIpc) is 2.61. The molecule has 1 aromatic rings. The summed E-state index contributed by atoms with van der Waals surface area (Å²) in [6.45, 7) is 9.71. The number of urea groups is 1. The number of nitrogens with zero attached hydrogens (tertiary/aromatic N) is 2. The maximum absolute atomic E-state index is 12.6. The molecule has 138 valence electrons. The number of morpholine rings is 1. The van der Waals surface area contributed by atoms with Crippen molar-refractivity contribution in [1.29, 1.82) is 0 Å². The van der Waals surface area contributed by atoms with Gasteiger partial charge in [0.2, 0.25) is 0 Å². The summed E-state index contributed by atoms with van der Waals surface area (Å²) in [7, 11) is 0. The van der Waals surface area contributed by atoms with Gasteiger partial charge in [-0.2, -0.15) is 0 Å². The highest BCUT2D eigenvalue weighted by Gasteiger charge is 2.26. The van der Waals surface area contributed by atoms with Gasteiger partial charge in [-0.25, -0.2) is 4.79 Å². The number of aromatic hydroxyl groups is 1. The molecular formula is C19H29N3O3. The largest absolute Gasteiger partial charge is 0.508 e. The molecule has 1 atom stereocenters. The summed E-state index contributed by atoms with van der Waals surface area (Å²) in [6, 6.07) is 5.73. The van der Waals surface area contributed by atoms with Crippen LogP contribution in [0.25, 0.3) is 0 Å². The number of carbonyl (C=O) groups is 1. The number of phenolic OH excluding ortho intramolecular Hbond substituents is 1. The van der Waals surface area contributed by atoms with Gasteiger partial charge in [0.15, 0.2) is 0 Å². The van der Waals surface area contributed by atoms with Crippen molar-refractivity contribution in [3.63, 3.8) is 0 Å². The van der Waals surface area contributed by atoms with E-state index in [9.17, 15) is 9.90 Å². The molecule has 3 rings (SSSR count). The van der Waals surface area contributed by atoms with Gasteiger partial charge in [0.1, 0.15) is 5.75 Å². The van der Waals surface area contributed by atoms with Crippen molar-refractivity contribution in [1.82, 2.24) is 15.1 Å². The van der Waals surface area contributed by atoms with Crippen molar-refractivity contribution in [2.24, 2.45) is 5.92 Å². The first kappa shape index (κ1) is 18.0. The molecule has 1 unspecified atom stereocenters. The minimum atomic E-state index is -0.0205. The molecular weight excluding hydrogens is 318 g/mol. The molecule has 1 fully saturated rings. The van der Waals surface area contributed by atoms with Crippen LogP contribution in [0.15, 0.2) is 18.2 Å². The third-order valence-electron chi connectivity index (χ3n) is 5.24. The van der Waals surface area contributed by atoms with Crippen LogP contribution in [0, 0.1) is 5.92 Å². The lowest BCUT2D eigenvalue weighted by Gasteiger charge is -2.37. The number of nitrogens with one attached hydrogen (secondary N) is 1. The number of benzene rings is 1. The maximum Gasteiger partial charge on any atom is 0.317 e. The summed E-state index contributed by atoms with van der Waals surface area (Å²) in [5.41, 5.74) is 2.25. The number of carbonyl (C=O) groups excluding carboxylic acids is 1. The van der Waals surface area contributed by atoms with E-state index in [1.807, 2.05) is 11.0 Å². The number of hydrogen-bond donors (Lipinski definition) is 2. The Hall–Kier alpha value is -1.79. The van der Waals surface area contributed by atoms with E-state index in [4.69, 9.17) is 4.74 Å². The van der Waals surface area contributed by atoms with Gasteiger partial charge in [0.05, 0.1) is 13.2 Å². The van der Waals surface area contributed by atoms with E-state index in [1.165, 1.54) is 5.56 Å². The van der Waals surface area contributed by atoms with E-state index < -0.39 is 0 Å². The summed E-state index contributed by atoms with van der Waals surface area (Å²) < 4.78 is 5.44. The Morgan fingerprint density at radius 2 is 2.00 bits per heavy atom. The average molecular weight is 347 g/mol. The first-order valence-corrected chi connectivity index (χ1v) is 9.20. The van der Waals surface area contributed by atoms with Crippen LogP contribution in [0.3, 0.4) is 0 Å². The van der Waals surface area contributed by atoms with Crippen molar-refractivity contribution in [3.05, 3.63) is 29.3 Å². The summed E-state index contributed by atoms with van der Waals surface area (Å²) in [5.74, 6) is 0.727. The first-order chi connectivity index (χ1) is 12.0. The van der Waals surface area contributed by atoms with Crippen LogP contribution >= 0.6 is 0 Å². The molecule has 0 spiro atoms. The third-order valence-corrected chi connectivity index (χ3v) is 5.24. The number of amides is 2. The smallest absolute Gasteiger partial charge is 0.317 e. The Bertz CT molecular complexity index is 600. The lowest BCUT2D eigenvalue weighted by Crippen LogP contribution is -2.53. The lowest BCUT2D eigenvalue weighted by molar-refractivity contribution is 0.00691. The molecule has 0 bridgehead atoms. The van der Waals surface area contributed by atoms with Crippen LogP contribution in [0.1, 0.15) is 25.0 Å². The fourth-order valence-electron chi connectivity index (χ4n) is 3.72. The Labute approximate surface area is 149 Å². The number of hydrogen-bond acceptors (Lipinski definition) is 4. The van der Waals surface area contributed by atoms with Gasteiger partial charge in [-0.05, 0) is 35.6 Å². The zero-order chi connectivity index (χ0) is 17.8. The fourth-order valence-corrected chi connectivity index (χ4v) is 3.72. The summed E-state index contributed by atoms with van der Waals surface area (Å²) in [5, 5.41) is 12.8. The molecule has 25 heavy (non-hydrogen) atoms. The quantitative estimate of drug-likeness (QED) is 0.872.